The lowest BCUT2D eigenvalue weighted by Crippen LogP contribution is -2.75. The molecular formula is C32H42O14. The molecule has 0 unspecified atom stereocenters. The molecule has 0 amide bonds. The molecule has 1 aromatic heterocycles. The lowest BCUT2D eigenvalue weighted by atomic mass is 9.36. The van der Waals surface area contributed by atoms with Crippen LogP contribution in [-0.2, 0) is 38.1 Å². The summed E-state index contributed by atoms with van der Waals surface area (Å²) in [5.74, 6) is -2.88. The van der Waals surface area contributed by atoms with Gasteiger partial charge in [-0.1, -0.05) is 6.92 Å². The number of esters is 2. The number of Topliss-reactive ketones (excluding diaryl/α,β-unsaturated/α-hetero) is 1. The molecule has 254 valence electrons. The number of rotatable bonds is 5. The van der Waals surface area contributed by atoms with E-state index in [-0.39, 0.29) is 25.2 Å². The van der Waals surface area contributed by atoms with Crippen LogP contribution in [0.25, 0.3) is 0 Å². The Morgan fingerprint density at radius 1 is 1.02 bits per heavy atom. The van der Waals surface area contributed by atoms with Crippen LogP contribution < -0.4 is 0 Å². The number of fused-ring (bicyclic) bond motifs is 2. The van der Waals surface area contributed by atoms with Crippen LogP contribution in [0.3, 0.4) is 0 Å². The van der Waals surface area contributed by atoms with Gasteiger partial charge in [0.05, 0.1) is 42.7 Å². The van der Waals surface area contributed by atoms with Crippen LogP contribution in [0.2, 0.25) is 0 Å². The van der Waals surface area contributed by atoms with Crippen LogP contribution in [0.15, 0.2) is 23.0 Å². The highest BCUT2D eigenvalue weighted by atomic mass is 16.7. The second-order valence-electron chi connectivity index (χ2n) is 14.9. The molecule has 14 nitrogen and oxygen atoms in total. The van der Waals surface area contributed by atoms with E-state index in [1.54, 1.807) is 26.8 Å². The summed E-state index contributed by atoms with van der Waals surface area (Å²) in [6, 6.07) is 1.72. The van der Waals surface area contributed by atoms with E-state index < -0.39 is 107 Å². The topological polar surface area (TPSA) is 215 Å². The Kier molecular flexibility index (Phi) is 7.19. The minimum Gasteiger partial charge on any atom is -0.472 e. The number of aliphatic hydroxyl groups is 5. The fourth-order valence-electron chi connectivity index (χ4n) is 10.3. The van der Waals surface area contributed by atoms with Gasteiger partial charge in [0.25, 0.3) is 0 Å². The first-order chi connectivity index (χ1) is 21.6. The Hall–Kier alpha value is -2.43. The molecule has 0 bridgehead atoms. The van der Waals surface area contributed by atoms with E-state index in [1.165, 1.54) is 12.5 Å². The van der Waals surface area contributed by atoms with Gasteiger partial charge < -0.3 is 53.6 Å². The van der Waals surface area contributed by atoms with E-state index in [0.717, 1.165) is 0 Å². The Bertz CT molecular complexity index is 1410. The van der Waals surface area contributed by atoms with E-state index in [9.17, 15) is 39.9 Å². The Morgan fingerprint density at radius 3 is 2.41 bits per heavy atom. The van der Waals surface area contributed by atoms with Crippen molar-refractivity contribution in [2.75, 3.05) is 13.2 Å². The van der Waals surface area contributed by atoms with Crippen molar-refractivity contribution < 1.29 is 68.0 Å². The van der Waals surface area contributed by atoms with Crippen molar-refractivity contribution in [2.24, 2.45) is 28.1 Å². The predicted molar refractivity (Wildman–Crippen MR) is 150 cm³/mol. The fraction of sp³-hybridized carbons (Fsp3) is 0.781. The van der Waals surface area contributed by atoms with E-state index >= 15 is 0 Å². The number of hydrogen-bond acceptors (Lipinski definition) is 14. The van der Waals surface area contributed by atoms with Crippen molar-refractivity contribution in [1.82, 2.24) is 0 Å². The average Bonchev–Trinajstić information content (AvgIpc) is 3.58. The Labute approximate surface area is 264 Å². The number of ether oxygens (including phenoxy) is 5. The third-order valence-corrected chi connectivity index (χ3v) is 12.6. The lowest BCUT2D eigenvalue weighted by Gasteiger charge is -2.67. The molecule has 6 fully saturated rings. The highest BCUT2D eigenvalue weighted by Crippen LogP contribution is 2.78. The summed E-state index contributed by atoms with van der Waals surface area (Å²) < 4.78 is 35.3. The minimum absolute atomic E-state index is 0.175. The highest BCUT2D eigenvalue weighted by Gasteiger charge is 2.89. The van der Waals surface area contributed by atoms with Gasteiger partial charge in [0.2, 0.25) is 0 Å². The second kappa shape index (κ2) is 10.3. The van der Waals surface area contributed by atoms with Crippen LogP contribution in [0.5, 0.6) is 0 Å². The normalized spacial score (nSPS) is 50.2. The molecule has 2 spiro atoms. The van der Waals surface area contributed by atoms with Gasteiger partial charge in [-0.2, -0.15) is 0 Å². The van der Waals surface area contributed by atoms with Gasteiger partial charge in [-0.15, -0.1) is 0 Å². The van der Waals surface area contributed by atoms with Crippen LogP contribution in [0.1, 0.15) is 65.0 Å². The van der Waals surface area contributed by atoms with Gasteiger partial charge in [0.1, 0.15) is 48.5 Å². The van der Waals surface area contributed by atoms with E-state index in [4.69, 9.17) is 28.1 Å². The quantitative estimate of drug-likeness (QED) is 0.208. The monoisotopic (exact) mass is 650 g/mol. The molecule has 7 rings (SSSR count). The standard InChI is InChI=1S/C32H42O14/c1-28(2,46-27-23(39)22(38)21(37)15(11-33)43-27)17-9-18(34)30(4)16(31(17)13-42-20(36)10-19(31)35)5-7-29(3)24(14-6-8-41-12-14)44-26(40)25-32(29,30)45-25/h6,8,12,15-17,19,21-25,27,33,35,37-39H,5,7,9-11,13H2,1-4H3/t15-,16+,17+,19+,21-,22+,23-,24+,25+,27+,29+,30+,31-,32+/m1/s1. The number of carbonyl (C=O) groups excluding carboxylic acids is 3. The number of furan rings is 1. The number of cyclic esters (lactones) is 2. The molecule has 2 aliphatic carbocycles. The SMILES string of the molecule is CC(C)(O[C@@H]1O[C@H](CO)[C@@H](O)[C@H](O)[C@H]1O)[C@@H]1CC(=O)[C@]2(C)[C@H](CC[C@@]3(C)[C@H](c4ccoc4)OC(=O)[C@@H]4O[C@@]432)[C@]12COC(=O)C[C@@H]2O. The summed E-state index contributed by atoms with van der Waals surface area (Å²) in [6.45, 7) is 6.17. The fourth-order valence-corrected chi connectivity index (χ4v) is 10.3. The van der Waals surface area contributed by atoms with Crippen molar-refractivity contribution in [1.29, 1.82) is 0 Å². The molecule has 46 heavy (non-hydrogen) atoms. The first-order valence-corrected chi connectivity index (χ1v) is 15.9. The van der Waals surface area contributed by atoms with Crippen LogP contribution in [0.4, 0.5) is 0 Å². The summed E-state index contributed by atoms with van der Waals surface area (Å²) in [6.07, 6.45) is -7.44. The first kappa shape index (κ1) is 32.1. The zero-order valence-corrected chi connectivity index (χ0v) is 26.2. The lowest BCUT2D eigenvalue weighted by molar-refractivity contribution is -0.341. The first-order valence-electron chi connectivity index (χ1n) is 15.9. The van der Waals surface area contributed by atoms with Crippen molar-refractivity contribution >= 4 is 17.7 Å². The Morgan fingerprint density at radius 2 is 1.76 bits per heavy atom. The van der Waals surface area contributed by atoms with Crippen LogP contribution in [0, 0.1) is 28.1 Å². The van der Waals surface area contributed by atoms with Crippen LogP contribution in [-0.4, -0.2) is 111 Å². The van der Waals surface area contributed by atoms with Gasteiger partial charge >= 0.3 is 11.9 Å². The number of carbonyl (C=O) groups is 3. The molecular weight excluding hydrogens is 608 g/mol. The predicted octanol–water partition coefficient (Wildman–Crippen LogP) is -0.0840. The van der Waals surface area contributed by atoms with E-state index in [2.05, 4.69) is 0 Å². The minimum atomic E-state index is -1.70. The molecule has 0 radical (unpaired) electrons. The third kappa shape index (κ3) is 3.89. The number of ketones is 1. The van der Waals surface area contributed by atoms with Gasteiger partial charge in [-0.05, 0) is 45.6 Å². The number of epoxide rings is 1. The smallest absolute Gasteiger partial charge is 0.339 e. The molecule has 5 heterocycles. The molecule has 1 aromatic rings. The highest BCUT2D eigenvalue weighted by molar-refractivity contribution is 5.93. The average molecular weight is 651 g/mol. The van der Waals surface area contributed by atoms with Crippen molar-refractivity contribution in [3.8, 4) is 0 Å². The molecule has 4 aliphatic heterocycles. The number of hydrogen-bond donors (Lipinski definition) is 5. The third-order valence-electron chi connectivity index (χ3n) is 12.6. The Balaban J connectivity index is 1.31. The summed E-state index contributed by atoms with van der Waals surface area (Å²) in [5, 5.41) is 53.2. The van der Waals surface area contributed by atoms with E-state index in [0.29, 0.717) is 18.4 Å². The maximum atomic E-state index is 14.8. The molecule has 14 atom stereocenters. The molecule has 5 N–H and O–H groups in total. The molecule has 14 heteroatoms. The van der Waals surface area contributed by atoms with Gasteiger partial charge in [-0.25, -0.2) is 4.79 Å². The summed E-state index contributed by atoms with van der Waals surface area (Å²) in [5.41, 5.74) is -5.45. The molecule has 6 aliphatic rings. The van der Waals surface area contributed by atoms with Crippen molar-refractivity contribution in [3.63, 3.8) is 0 Å². The zero-order chi connectivity index (χ0) is 33.2. The van der Waals surface area contributed by atoms with Crippen molar-refractivity contribution in [2.45, 2.75) is 114 Å². The van der Waals surface area contributed by atoms with Gasteiger partial charge in [0, 0.05) is 28.7 Å². The number of aliphatic hydroxyl groups excluding tert-OH is 5. The maximum absolute atomic E-state index is 14.8. The maximum Gasteiger partial charge on any atom is 0.339 e. The summed E-state index contributed by atoms with van der Waals surface area (Å²) in [7, 11) is 0. The van der Waals surface area contributed by atoms with E-state index in [1.807, 2.05) is 6.92 Å². The van der Waals surface area contributed by atoms with Crippen LogP contribution >= 0.6 is 0 Å². The molecule has 2 saturated carbocycles. The zero-order valence-electron chi connectivity index (χ0n) is 26.2. The van der Waals surface area contributed by atoms with Gasteiger partial charge in [-0.3, -0.25) is 9.59 Å². The molecule has 4 saturated heterocycles. The van der Waals surface area contributed by atoms with Crippen molar-refractivity contribution in [3.05, 3.63) is 24.2 Å². The molecule has 0 aromatic carbocycles. The summed E-state index contributed by atoms with van der Waals surface area (Å²) >= 11 is 0. The summed E-state index contributed by atoms with van der Waals surface area (Å²) in [4.78, 5) is 40.7. The van der Waals surface area contributed by atoms with Gasteiger partial charge in [0.15, 0.2) is 12.4 Å². The second-order valence-corrected chi connectivity index (χ2v) is 14.9. The largest absolute Gasteiger partial charge is 0.472 e.